The van der Waals surface area contributed by atoms with Crippen LogP contribution in [-0.2, 0) is 0 Å². The molecule has 0 fully saturated rings. The second kappa shape index (κ2) is 10.6. The monoisotopic (exact) mass is 468 g/mol. The molecule has 4 aromatic rings. The Balaban J connectivity index is 2.11. The molecule has 2 nitrogen and oxygen atoms in total. The first-order valence-corrected chi connectivity index (χ1v) is 11.8. The molecule has 0 amide bonds. The summed E-state index contributed by atoms with van der Waals surface area (Å²) in [7, 11) is 3.38. The van der Waals surface area contributed by atoms with E-state index in [0.717, 1.165) is 33.8 Å². The minimum absolute atomic E-state index is 0.367. The molecule has 0 heterocycles. The van der Waals surface area contributed by atoms with E-state index < -0.39 is 0 Å². The third-order valence-corrected chi connectivity index (χ3v) is 6.24. The van der Waals surface area contributed by atoms with E-state index in [1.807, 2.05) is 36.4 Å². The summed E-state index contributed by atoms with van der Waals surface area (Å²) in [5.74, 6) is 2.03. The number of ether oxygens (including phenoxy) is 2. The molecule has 3 heteroatoms. The normalized spacial score (nSPS) is 11.8. The van der Waals surface area contributed by atoms with Crippen LogP contribution in [0.25, 0.3) is 11.1 Å². The van der Waals surface area contributed by atoms with E-state index in [1.54, 1.807) is 14.2 Å². The average molecular weight is 469 g/mol. The average Bonchev–Trinajstić information content (AvgIpc) is 2.88. The van der Waals surface area contributed by atoms with Crippen LogP contribution in [0.3, 0.4) is 0 Å². The van der Waals surface area contributed by atoms with E-state index in [1.165, 1.54) is 16.7 Å². The smallest absolute Gasteiger partial charge is 0.118 e. The fourth-order valence-corrected chi connectivity index (χ4v) is 4.38. The van der Waals surface area contributed by atoms with E-state index in [2.05, 4.69) is 74.5 Å². The number of methoxy groups -OCH3 is 2. The highest BCUT2D eigenvalue weighted by molar-refractivity contribution is 6.30. The van der Waals surface area contributed by atoms with Crippen molar-refractivity contribution in [1.29, 1.82) is 0 Å². The fraction of sp³-hybridized carbons (Fsp3) is 0.161. The molecule has 34 heavy (non-hydrogen) atoms. The summed E-state index contributed by atoms with van der Waals surface area (Å²) < 4.78 is 10.9. The van der Waals surface area contributed by atoms with Crippen LogP contribution in [0.15, 0.2) is 97.1 Å². The molecule has 172 valence electrons. The zero-order chi connectivity index (χ0) is 24.1. The second-order valence-corrected chi connectivity index (χ2v) is 8.89. The van der Waals surface area contributed by atoms with Crippen molar-refractivity contribution < 1.29 is 9.47 Å². The van der Waals surface area contributed by atoms with Gasteiger partial charge in [0.2, 0.25) is 0 Å². The van der Waals surface area contributed by atoms with Crippen LogP contribution in [-0.4, -0.2) is 14.2 Å². The minimum Gasteiger partial charge on any atom is -0.497 e. The Bertz CT molecular complexity index is 1270. The molecule has 0 saturated carbocycles. The van der Waals surface area contributed by atoms with Crippen LogP contribution in [0.2, 0.25) is 5.02 Å². The summed E-state index contributed by atoms with van der Waals surface area (Å²) >= 11 is 6.27. The van der Waals surface area contributed by atoms with Crippen molar-refractivity contribution >= 4 is 22.7 Å². The first kappa shape index (κ1) is 23.7. The second-order valence-electron chi connectivity index (χ2n) is 8.46. The van der Waals surface area contributed by atoms with Gasteiger partial charge in [0.15, 0.2) is 0 Å². The maximum absolute atomic E-state index is 6.27. The predicted octanol–water partition coefficient (Wildman–Crippen LogP) is 8.49. The summed E-state index contributed by atoms with van der Waals surface area (Å²) in [4.78, 5) is 0. The molecule has 0 spiro atoms. The first-order chi connectivity index (χ1) is 16.5. The summed E-state index contributed by atoms with van der Waals surface area (Å²) in [5, 5.41) is 0.714. The lowest BCUT2D eigenvalue weighted by Gasteiger charge is -2.22. The van der Waals surface area contributed by atoms with E-state index in [-0.39, 0.29) is 0 Å². The van der Waals surface area contributed by atoms with Crippen LogP contribution in [0.4, 0.5) is 0 Å². The molecule has 0 N–H and O–H groups in total. The number of benzene rings is 4. The summed E-state index contributed by atoms with van der Waals surface area (Å²) in [6, 6.07) is 33.2. The van der Waals surface area contributed by atoms with Crippen LogP contribution in [0.5, 0.6) is 11.5 Å². The molecule has 0 aliphatic carbocycles. The minimum atomic E-state index is 0.367. The van der Waals surface area contributed by atoms with Gasteiger partial charge < -0.3 is 9.47 Å². The van der Waals surface area contributed by atoms with Gasteiger partial charge in [-0.2, -0.15) is 0 Å². The Kier molecular flexibility index (Phi) is 7.40. The van der Waals surface area contributed by atoms with Crippen molar-refractivity contribution in [2.45, 2.75) is 19.8 Å². The summed E-state index contributed by atoms with van der Waals surface area (Å²) in [6.45, 7) is 4.47. The fourth-order valence-electron chi connectivity index (χ4n) is 4.25. The SMILES string of the molecule is COc1ccc(/C(=C(/c2ccc(OC)cc2)c2ccccc2C(C)C)c2ccc(Cl)cc2)cc1. The van der Waals surface area contributed by atoms with Crippen molar-refractivity contribution in [3.8, 4) is 11.5 Å². The van der Waals surface area contributed by atoms with Gasteiger partial charge in [-0.1, -0.05) is 86.1 Å². The van der Waals surface area contributed by atoms with Crippen LogP contribution < -0.4 is 9.47 Å². The van der Waals surface area contributed by atoms with Gasteiger partial charge in [0.25, 0.3) is 0 Å². The maximum atomic E-state index is 6.27. The third-order valence-electron chi connectivity index (χ3n) is 5.99. The highest BCUT2D eigenvalue weighted by Gasteiger charge is 2.20. The number of hydrogen-bond donors (Lipinski definition) is 0. The van der Waals surface area contributed by atoms with Crippen molar-refractivity contribution in [2.24, 2.45) is 0 Å². The molecule has 0 bridgehead atoms. The van der Waals surface area contributed by atoms with E-state index in [9.17, 15) is 0 Å². The van der Waals surface area contributed by atoms with Crippen LogP contribution in [0, 0.1) is 0 Å². The predicted molar refractivity (Wildman–Crippen MR) is 143 cm³/mol. The maximum Gasteiger partial charge on any atom is 0.118 e. The standard InChI is InChI=1S/C31H29ClO2/c1-21(2)28-7-5-6-8-29(28)31(24-13-19-27(34-4)20-14-24)30(22-9-15-25(32)16-10-22)23-11-17-26(33-3)18-12-23/h5-21H,1-4H3/b31-30-. The zero-order valence-corrected chi connectivity index (χ0v) is 20.8. The number of halogens is 1. The lowest BCUT2D eigenvalue weighted by molar-refractivity contribution is 0.414. The van der Waals surface area contributed by atoms with Crippen molar-refractivity contribution in [1.82, 2.24) is 0 Å². The first-order valence-electron chi connectivity index (χ1n) is 11.4. The summed E-state index contributed by atoms with van der Waals surface area (Å²) in [6.07, 6.45) is 0. The number of hydrogen-bond acceptors (Lipinski definition) is 2. The Hall–Kier alpha value is -3.49. The molecule has 4 aromatic carbocycles. The molecular formula is C31H29ClO2. The molecule has 4 rings (SSSR count). The number of rotatable bonds is 7. The Morgan fingerprint density at radius 1 is 0.588 bits per heavy atom. The largest absolute Gasteiger partial charge is 0.497 e. The van der Waals surface area contributed by atoms with Crippen molar-refractivity contribution in [3.05, 3.63) is 130 Å². The Morgan fingerprint density at radius 2 is 1.03 bits per heavy atom. The van der Waals surface area contributed by atoms with Gasteiger partial charge in [-0.15, -0.1) is 0 Å². The lowest BCUT2D eigenvalue weighted by Crippen LogP contribution is -2.02. The molecule has 0 saturated heterocycles. The van der Waals surface area contributed by atoms with Gasteiger partial charge in [-0.3, -0.25) is 0 Å². The van der Waals surface area contributed by atoms with Gasteiger partial charge in [0.05, 0.1) is 14.2 Å². The molecule has 0 aromatic heterocycles. The molecule has 0 aliphatic rings. The van der Waals surface area contributed by atoms with Crippen molar-refractivity contribution in [2.75, 3.05) is 14.2 Å². The van der Waals surface area contributed by atoms with Gasteiger partial charge in [0.1, 0.15) is 11.5 Å². The van der Waals surface area contributed by atoms with Crippen LogP contribution in [0.1, 0.15) is 47.6 Å². The van der Waals surface area contributed by atoms with Gasteiger partial charge in [-0.05, 0) is 81.3 Å². The lowest BCUT2D eigenvalue weighted by atomic mass is 9.82. The quantitative estimate of drug-likeness (QED) is 0.253. The topological polar surface area (TPSA) is 18.5 Å². The highest BCUT2D eigenvalue weighted by Crippen LogP contribution is 2.40. The van der Waals surface area contributed by atoms with Gasteiger partial charge in [-0.25, -0.2) is 0 Å². The van der Waals surface area contributed by atoms with Crippen LogP contribution >= 0.6 is 11.6 Å². The molecule has 0 atom stereocenters. The zero-order valence-electron chi connectivity index (χ0n) is 20.0. The highest BCUT2D eigenvalue weighted by atomic mass is 35.5. The van der Waals surface area contributed by atoms with Crippen molar-refractivity contribution in [3.63, 3.8) is 0 Å². The molecular weight excluding hydrogens is 440 g/mol. The molecule has 0 radical (unpaired) electrons. The van der Waals surface area contributed by atoms with E-state index >= 15 is 0 Å². The Labute approximate surface area is 207 Å². The van der Waals surface area contributed by atoms with E-state index in [0.29, 0.717) is 10.9 Å². The van der Waals surface area contributed by atoms with Gasteiger partial charge >= 0.3 is 0 Å². The molecule has 0 unspecified atom stereocenters. The van der Waals surface area contributed by atoms with E-state index in [4.69, 9.17) is 21.1 Å². The molecule has 0 aliphatic heterocycles. The summed E-state index contributed by atoms with van der Waals surface area (Å²) in [5.41, 5.74) is 8.13. The Morgan fingerprint density at radius 3 is 1.50 bits per heavy atom. The third kappa shape index (κ3) is 5.03. The van der Waals surface area contributed by atoms with Gasteiger partial charge in [0, 0.05) is 5.02 Å².